The van der Waals surface area contributed by atoms with Crippen molar-refractivity contribution in [1.82, 2.24) is 9.80 Å². The smallest absolute Gasteiger partial charge is 0.292 e. The van der Waals surface area contributed by atoms with Crippen molar-refractivity contribution in [2.75, 3.05) is 37.2 Å². The Kier molecular flexibility index (Phi) is 13.9. The molecule has 56 heavy (non-hydrogen) atoms. The molecule has 0 bridgehead atoms. The van der Waals surface area contributed by atoms with Crippen molar-refractivity contribution in [2.24, 2.45) is 5.14 Å². The fourth-order valence-electron chi connectivity index (χ4n) is 9.85. The SMILES string of the molecule is CC(C)N1CCC(S(=O)(=O)CC(=O)Nc2c3c(cc4c2CCC4)CCC3)CC1.CC(C)N1CCC(S(N)(=O)=O)CC1.N#COc1c2c(cc3c1CCC3)CCC2. The predicted octanol–water partition coefficient (Wildman–Crippen LogP) is 5.56. The van der Waals surface area contributed by atoms with Crippen molar-refractivity contribution in [1.29, 1.82) is 5.26 Å². The second-order valence-corrected chi connectivity index (χ2v) is 21.3. The fourth-order valence-corrected chi connectivity index (χ4v) is 12.3. The number of benzene rings is 2. The van der Waals surface area contributed by atoms with Crippen molar-refractivity contribution in [3.05, 3.63) is 56.6 Å². The maximum Gasteiger partial charge on any atom is 0.292 e. The number of primary sulfonamides is 1. The Labute approximate surface area is 335 Å². The Balaban J connectivity index is 0.000000159. The van der Waals surface area contributed by atoms with Crippen molar-refractivity contribution in [3.8, 4) is 12.0 Å². The summed E-state index contributed by atoms with van der Waals surface area (Å²) in [4.78, 5) is 17.3. The minimum Gasteiger partial charge on any atom is -0.387 e. The summed E-state index contributed by atoms with van der Waals surface area (Å²) >= 11 is 0. The highest BCUT2D eigenvalue weighted by Gasteiger charge is 2.34. The van der Waals surface area contributed by atoms with Crippen molar-refractivity contribution in [2.45, 2.75) is 153 Å². The molecule has 11 nitrogen and oxygen atoms in total. The highest BCUT2D eigenvalue weighted by atomic mass is 32.2. The van der Waals surface area contributed by atoms with E-state index < -0.39 is 25.6 Å². The number of aryl methyl sites for hydroxylation is 4. The average Bonchev–Trinajstić information content (AvgIpc) is 3.99. The number of nitrogens with zero attached hydrogens (tertiary/aromatic N) is 3. The molecule has 0 atom stereocenters. The zero-order valence-electron chi connectivity index (χ0n) is 34.0. The molecule has 2 saturated heterocycles. The number of piperidine rings is 2. The number of likely N-dealkylation sites (tertiary alicyclic amines) is 2. The maximum atomic E-state index is 12.9. The molecule has 2 aromatic carbocycles. The summed E-state index contributed by atoms with van der Waals surface area (Å²) in [5, 5.41) is 16.1. The van der Waals surface area contributed by atoms with Gasteiger partial charge in [-0.05, 0) is 201 Å². The van der Waals surface area contributed by atoms with Crippen LogP contribution in [0, 0.1) is 11.5 Å². The lowest BCUT2D eigenvalue weighted by atomic mass is 9.98. The summed E-state index contributed by atoms with van der Waals surface area (Å²) in [7, 11) is -6.72. The highest BCUT2D eigenvalue weighted by Crippen LogP contribution is 2.41. The number of amides is 1. The number of sulfone groups is 1. The third-order valence-electron chi connectivity index (χ3n) is 13.0. The number of hydrogen-bond donors (Lipinski definition) is 2. The van der Waals surface area contributed by atoms with Gasteiger partial charge < -0.3 is 19.9 Å². The third-order valence-corrected chi connectivity index (χ3v) is 16.6. The van der Waals surface area contributed by atoms with Crippen LogP contribution < -0.4 is 15.2 Å². The van der Waals surface area contributed by atoms with Gasteiger partial charge in [0.1, 0.15) is 11.5 Å². The quantitative estimate of drug-likeness (QED) is 0.325. The number of fused-ring (bicyclic) bond motifs is 4. The zero-order valence-corrected chi connectivity index (χ0v) is 35.6. The monoisotopic (exact) mass is 809 g/mol. The Morgan fingerprint density at radius 3 is 1.50 bits per heavy atom. The number of nitriles is 1. The maximum absolute atomic E-state index is 12.9. The number of hydrogen-bond acceptors (Lipinski definition) is 9. The van der Waals surface area contributed by atoms with Crippen LogP contribution in [0.3, 0.4) is 0 Å². The minimum absolute atomic E-state index is 0.317. The Bertz CT molecular complexity index is 1940. The summed E-state index contributed by atoms with van der Waals surface area (Å²) in [6.45, 7) is 11.8. The van der Waals surface area contributed by atoms with Gasteiger partial charge >= 0.3 is 0 Å². The molecule has 308 valence electrons. The van der Waals surface area contributed by atoms with E-state index in [1.165, 1.54) is 57.3 Å². The average molecular weight is 810 g/mol. The molecule has 3 N–H and O–H groups in total. The van der Waals surface area contributed by atoms with E-state index in [-0.39, 0.29) is 16.4 Å². The van der Waals surface area contributed by atoms with Crippen LogP contribution in [-0.2, 0) is 76.0 Å². The molecule has 4 aliphatic carbocycles. The number of sulfonamides is 1. The summed E-state index contributed by atoms with van der Waals surface area (Å²) in [5.74, 6) is 0.151. The van der Waals surface area contributed by atoms with Crippen LogP contribution >= 0.6 is 0 Å². The molecule has 2 heterocycles. The molecular weight excluding hydrogens is 747 g/mol. The van der Waals surface area contributed by atoms with Crippen LogP contribution in [0.25, 0.3) is 0 Å². The molecule has 2 aromatic rings. The van der Waals surface area contributed by atoms with Gasteiger partial charge in [-0.25, -0.2) is 22.0 Å². The molecule has 2 aliphatic heterocycles. The van der Waals surface area contributed by atoms with Crippen LogP contribution in [0.1, 0.15) is 124 Å². The van der Waals surface area contributed by atoms with Crippen LogP contribution in [0.2, 0.25) is 0 Å². The van der Waals surface area contributed by atoms with E-state index in [2.05, 4.69) is 54.9 Å². The zero-order chi connectivity index (χ0) is 40.2. The molecule has 0 radical (unpaired) electrons. The molecule has 1 amide bonds. The molecule has 13 heteroatoms. The van der Waals surface area contributed by atoms with Crippen LogP contribution in [0.5, 0.6) is 5.75 Å². The number of nitrogens with two attached hydrogens (primary N) is 1. The molecule has 2 fully saturated rings. The molecular formula is C43H63N5O6S2. The first-order valence-electron chi connectivity index (χ1n) is 21.1. The van der Waals surface area contributed by atoms with Crippen LogP contribution in [-0.4, -0.2) is 87.1 Å². The fraction of sp³-hybridized carbons (Fsp3) is 0.674. The van der Waals surface area contributed by atoms with Gasteiger partial charge in [0.05, 0.1) is 10.5 Å². The largest absolute Gasteiger partial charge is 0.387 e. The van der Waals surface area contributed by atoms with Crippen LogP contribution in [0.4, 0.5) is 5.69 Å². The number of carbonyl (C=O) groups is 1. The first kappa shape index (κ1) is 42.6. The first-order valence-corrected chi connectivity index (χ1v) is 24.4. The number of carbonyl (C=O) groups excluding carboxylic acids is 1. The molecule has 0 unspecified atom stereocenters. The minimum atomic E-state index is -3.42. The molecule has 6 aliphatic rings. The van der Waals surface area contributed by atoms with Gasteiger partial charge in [-0.15, -0.1) is 5.26 Å². The summed E-state index contributed by atoms with van der Waals surface area (Å²) < 4.78 is 52.9. The van der Waals surface area contributed by atoms with E-state index in [0.29, 0.717) is 37.8 Å². The van der Waals surface area contributed by atoms with Gasteiger partial charge in [0.15, 0.2) is 9.84 Å². The standard InChI is InChI=1S/C22H32N2O3S.C13H13NO.C8H18N2O2S/c1-15(2)24-11-9-18(10-12-24)28(26,27)14-21(25)23-22-19-7-3-5-16(19)13-17-6-4-8-20(17)22;14-8-15-13-11-5-1-3-9(11)7-10-4-2-6-12(10)13;1-7(2)10-5-3-8(4-6-10)13(9,11)12/h13,15,18H,3-12,14H2,1-2H3,(H,23,25);7H,1-6H2;7-8H,3-6H2,1-2H3,(H2,9,11,12). The second-order valence-electron chi connectivity index (χ2n) is 17.2. The predicted molar refractivity (Wildman–Crippen MR) is 222 cm³/mol. The molecule has 8 rings (SSSR count). The number of anilines is 1. The van der Waals surface area contributed by atoms with Gasteiger partial charge in [-0.3, -0.25) is 4.79 Å². The Morgan fingerprint density at radius 1 is 0.714 bits per heavy atom. The van der Waals surface area contributed by atoms with E-state index in [9.17, 15) is 21.6 Å². The summed E-state index contributed by atoms with van der Waals surface area (Å²) in [5.41, 5.74) is 11.6. The molecule has 0 spiro atoms. The van der Waals surface area contributed by atoms with Crippen molar-refractivity contribution >= 4 is 31.5 Å². The lowest BCUT2D eigenvalue weighted by molar-refractivity contribution is -0.113. The van der Waals surface area contributed by atoms with Crippen molar-refractivity contribution in [3.63, 3.8) is 0 Å². The van der Waals surface area contributed by atoms with Gasteiger partial charge in [0.25, 0.3) is 6.26 Å². The van der Waals surface area contributed by atoms with E-state index in [1.54, 1.807) is 0 Å². The third kappa shape index (κ3) is 9.98. The number of rotatable bonds is 8. The van der Waals surface area contributed by atoms with E-state index in [4.69, 9.17) is 15.1 Å². The van der Waals surface area contributed by atoms with Gasteiger partial charge in [0.2, 0.25) is 15.9 Å². The Hall–Kier alpha value is -3.02. The highest BCUT2D eigenvalue weighted by molar-refractivity contribution is 7.92. The second kappa shape index (κ2) is 18.3. The lowest BCUT2D eigenvalue weighted by Crippen LogP contribution is -2.44. The normalized spacial score (nSPS) is 20.0. The van der Waals surface area contributed by atoms with Crippen molar-refractivity contribution < 1.29 is 26.4 Å². The number of nitrogens with one attached hydrogen (secondary N) is 1. The van der Waals surface area contributed by atoms with Gasteiger partial charge in [0, 0.05) is 17.8 Å². The first-order chi connectivity index (χ1) is 26.7. The van der Waals surface area contributed by atoms with E-state index in [0.717, 1.165) is 102 Å². The summed E-state index contributed by atoms with van der Waals surface area (Å²) in [6, 6.07) is 5.60. The summed E-state index contributed by atoms with van der Waals surface area (Å²) in [6.07, 6.45) is 17.7. The van der Waals surface area contributed by atoms with Gasteiger partial charge in [-0.2, -0.15) is 0 Å². The van der Waals surface area contributed by atoms with Crippen LogP contribution in [0.15, 0.2) is 12.1 Å². The Morgan fingerprint density at radius 2 is 1.11 bits per heavy atom. The van der Waals surface area contributed by atoms with E-state index >= 15 is 0 Å². The van der Waals surface area contributed by atoms with E-state index in [1.807, 2.05) is 6.26 Å². The molecule has 0 saturated carbocycles. The van der Waals surface area contributed by atoms with Gasteiger partial charge in [-0.1, -0.05) is 12.1 Å². The molecule has 0 aromatic heterocycles. The topological polar surface area (TPSA) is 163 Å². The lowest BCUT2D eigenvalue weighted by Gasteiger charge is -2.34. The number of ether oxygens (including phenoxy) is 1.